The molecule has 2 heterocycles. The molecule has 0 aliphatic carbocycles. The second-order valence-electron chi connectivity index (χ2n) is 6.94. The van der Waals surface area contributed by atoms with Crippen LogP contribution in [0.4, 0.5) is 0 Å². The molecule has 2 aromatic heterocycles. The fourth-order valence-corrected chi connectivity index (χ4v) is 4.15. The number of benzene rings is 2. The molecular weight excluding hydrogens is 444 g/mol. The molecule has 150 valence electrons. The normalized spacial score (nSPS) is 11.0. The lowest BCUT2D eigenvalue weighted by Gasteiger charge is -2.20. The lowest BCUT2D eigenvalue weighted by molar-refractivity contribution is 0.0693. The van der Waals surface area contributed by atoms with Crippen LogP contribution in [0.1, 0.15) is 28.5 Å². The van der Waals surface area contributed by atoms with Gasteiger partial charge in [0.15, 0.2) is 0 Å². The van der Waals surface area contributed by atoms with Crippen molar-refractivity contribution in [2.75, 3.05) is 0 Å². The molecule has 0 radical (unpaired) electrons. The minimum absolute atomic E-state index is 0.157. The Hall–Kier alpha value is -3.25. The number of aromatic carboxylic acids is 1. The van der Waals surface area contributed by atoms with Gasteiger partial charge in [0.05, 0.1) is 5.52 Å². The summed E-state index contributed by atoms with van der Waals surface area (Å²) >= 11 is 3.43. The first-order chi connectivity index (χ1) is 14.5. The van der Waals surface area contributed by atoms with E-state index in [1.54, 1.807) is 0 Å². The molecule has 0 amide bonds. The number of carbonyl (C=O) groups is 1. The summed E-state index contributed by atoms with van der Waals surface area (Å²) in [7, 11) is 0. The lowest BCUT2D eigenvalue weighted by Crippen LogP contribution is -2.25. The topological polar surface area (TPSA) is 72.2 Å². The van der Waals surface area contributed by atoms with E-state index in [9.17, 15) is 14.7 Å². The molecule has 0 spiro atoms. The van der Waals surface area contributed by atoms with Gasteiger partial charge in [0.2, 0.25) is 5.43 Å². The molecule has 0 atom stereocenters. The minimum atomic E-state index is -1.23. The molecule has 6 heteroatoms. The molecular formula is C24H19BrN2O3. The monoisotopic (exact) mass is 462 g/mol. The van der Waals surface area contributed by atoms with Crippen LogP contribution >= 0.6 is 15.9 Å². The number of carboxylic acids is 1. The third kappa shape index (κ3) is 3.55. The van der Waals surface area contributed by atoms with Crippen LogP contribution in [-0.4, -0.2) is 20.6 Å². The maximum Gasteiger partial charge on any atom is 0.341 e. The fraction of sp³-hybridized carbons (Fsp3) is 0.125. The Morgan fingerprint density at radius 3 is 2.50 bits per heavy atom. The maximum atomic E-state index is 12.9. The van der Waals surface area contributed by atoms with Crippen molar-refractivity contribution in [3.8, 4) is 11.1 Å². The SMILES string of the molecule is CCc1c(C(=O)O)c(=O)c2ncc(Br)cc2n1Cc1ccccc1-c1ccccc1. The quantitative estimate of drug-likeness (QED) is 0.445. The number of halogens is 1. The highest BCUT2D eigenvalue weighted by atomic mass is 79.9. The van der Waals surface area contributed by atoms with Gasteiger partial charge in [-0.05, 0) is 45.1 Å². The van der Waals surface area contributed by atoms with Gasteiger partial charge in [-0.2, -0.15) is 0 Å². The average molecular weight is 463 g/mol. The predicted octanol–water partition coefficient (Wildman–Crippen LogP) is 5.13. The van der Waals surface area contributed by atoms with Crippen LogP contribution in [0, 0.1) is 0 Å². The number of rotatable bonds is 5. The van der Waals surface area contributed by atoms with E-state index in [2.05, 4.69) is 20.9 Å². The van der Waals surface area contributed by atoms with Crippen molar-refractivity contribution in [3.63, 3.8) is 0 Å². The van der Waals surface area contributed by atoms with Crippen LogP contribution in [0.5, 0.6) is 0 Å². The van der Waals surface area contributed by atoms with Gasteiger partial charge in [-0.15, -0.1) is 0 Å². The Kier molecular flexibility index (Phi) is 5.50. The molecule has 0 saturated heterocycles. The van der Waals surface area contributed by atoms with Crippen LogP contribution in [0.15, 0.2) is 76.1 Å². The molecule has 0 aliphatic heterocycles. The van der Waals surface area contributed by atoms with Crippen LogP contribution < -0.4 is 5.43 Å². The van der Waals surface area contributed by atoms with Gasteiger partial charge in [-0.25, -0.2) is 9.78 Å². The Labute approximate surface area is 181 Å². The first-order valence-corrected chi connectivity index (χ1v) is 10.4. The van der Waals surface area contributed by atoms with Crippen molar-refractivity contribution < 1.29 is 9.90 Å². The molecule has 30 heavy (non-hydrogen) atoms. The van der Waals surface area contributed by atoms with Gasteiger partial charge in [-0.3, -0.25) is 4.79 Å². The van der Waals surface area contributed by atoms with Gasteiger partial charge < -0.3 is 9.67 Å². The van der Waals surface area contributed by atoms with E-state index in [0.717, 1.165) is 21.2 Å². The molecule has 5 nitrogen and oxygen atoms in total. The number of aromatic nitrogens is 2. The third-order valence-electron chi connectivity index (χ3n) is 5.16. The number of carboxylic acid groups (broad SMARTS) is 1. The van der Waals surface area contributed by atoms with Crippen molar-refractivity contribution in [1.29, 1.82) is 0 Å². The fourth-order valence-electron chi connectivity index (χ4n) is 3.84. The van der Waals surface area contributed by atoms with E-state index in [-0.39, 0.29) is 11.1 Å². The Morgan fingerprint density at radius 1 is 1.10 bits per heavy atom. The van der Waals surface area contributed by atoms with E-state index in [4.69, 9.17) is 0 Å². The minimum Gasteiger partial charge on any atom is -0.477 e. The summed E-state index contributed by atoms with van der Waals surface area (Å²) in [6.45, 7) is 2.28. The smallest absolute Gasteiger partial charge is 0.341 e. The van der Waals surface area contributed by atoms with Crippen molar-refractivity contribution in [3.05, 3.63) is 98.4 Å². The van der Waals surface area contributed by atoms with Crippen molar-refractivity contribution >= 4 is 32.9 Å². The van der Waals surface area contributed by atoms with E-state index in [0.29, 0.717) is 24.2 Å². The summed E-state index contributed by atoms with van der Waals surface area (Å²) in [5.41, 5.74) is 3.67. The standard InChI is InChI=1S/C24H19BrN2O3/c1-2-19-21(24(29)30)23(28)22-20(12-17(25)13-26-22)27(19)14-16-10-6-7-11-18(16)15-8-4-3-5-9-15/h3-13H,2,14H2,1H3,(H,29,30). The van der Waals surface area contributed by atoms with Gasteiger partial charge in [-0.1, -0.05) is 61.5 Å². The second kappa shape index (κ2) is 8.24. The zero-order valence-electron chi connectivity index (χ0n) is 16.3. The summed E-state index contributed by atoms with van der Waals surface area (Å²) < 4.78 is 2.63. The molecule has 0 aliphatic rings. The summed E-state index contributed by atoms with van der Waals surface area (Å²) in [5.74, 6) is -1.23. The van der Waals surface area contributed by atoms with Crippen molar-refractivity contribution in [2.24, 2.45) is 0 Å². The largest absolute Gasteiger partial charge is 0.477 e. The molecule has 0 saturated carbocycles. The molecule has 4 aromatic rings. The van der Waals surface area contributed by atoms with E-state index in [1.807, 2.05) is 72.2 Å². The summed E-state index contributed by atoms with van der Waals surface area (Å²) in [6.07, 6.45) is 1.93. The molecule has 0 fully saturated rings. The van der Waals surface area contributed by atoms with Crippen LogP contribution in [0.2, 0.25) is 0 Å². The van der Waals surface area contributed by atoms with Crippen LogP contribution in [0.25, 0.3) is 22.2 Å². The number of nitrogens with zero attached hydrogens (tertiary/aromatic N) is 2. The van der Waals surface area contributed by atoms with Crippen LogP contribution in [0.3, 0.4) is 0 Å². The Bertz CT molecular complexity index is 1310. The van der Waals surface area contributed by atoms with Gasteiger partial charge >= 0.3 is 5.97 Å². The zero-order valence-corrected chi connectivity index (χ0v) is 17.9. The van der Waals surface area contributed by atoms with E-state index >= 15 is 0 Å². The second-order valence-corrected chi connectivity index (χ2v) is 7.86. The molecule has 4 rings (SSSR count). The first-order valence-electron chi connectivity index (χ1n) is 9.58. The number of hydrogen-bond donors (Lipinski definition) is 1. The molecule has 1 N–H and O–H groups in total. The van der Waals surface area contributed by atoms with E-state index in [1.165, 1.54) is 6.20 Å². The number of hydrogen-bond acceptors (Lipinski definition) is 3. The summed E-state index contributed by atoms with van der Waals surface area (Å²) in [5, 5.41) is 9.76. The van der Waals surface area contributed by atoms with Crippen molar-refractivity contribution in [1.82, 2.24) is 9.55 Å². The van der Waals surface area contributed by atoms with E-state index < -0.39 is 11.4 Å². The highest BCUT2D eigenvalue weighted by molar-refractivity contribution is 9.10. The van der Waals surface area contributed by atoms with Gasteiger partial charge in [0.25, 0.3) is 0 Å². The zero-order chi connectivity index (χ0) is 21.3. The highest BCUT2D eigenvalue weighted by Crippen LogP contribution is 2.27. The van der Waals surface area contributed by atoms with Gasteiger partial charge in [0.1, 0.15) is 11.1 Å². The average Bonchev–Trinajstić information content (AvgIpc) is 2.76. The van der Waals surface area contributed by atoms with Crippen LogP contribution in [-0.2, 0) is 13.0 Å². The predicted molar refractivity (Wildman–Crippen MR) is 121 cm³/mol. The summed E-state index contributed by atoms with van der Waals surface area (Å²) in [6, 6.07) is 19.9. The van der Waals surface area contributed by atoms with Gasteiger partial charge in [0, 0.05) is 22.9 Å². The Morgan fingerprint density at radius 2 is 1.80 bits per heavy atom. The molecule has 2 aromatic carbocycles. The number of fused-ring (bicyclic) bond motifs is 1. The molecule has 0 bridgehead atoms. The first kappa shape index (κ1) is 20.0. The Balaban J connectivity index is 2.01. The third-order valence-corrected chi connectivity index (χ3v) is 5.59. The maximum absolute atomic E-state index is 12.9. The lowest BCUT2D eigenvalue weighted by atomic mass is 9.99. The number of pyridine rings is 2. The highest BCUT2D eigenvalue weighted by Gasteiger charge is 2.22. The van der Waals surface area contributed by atoms with Crippen molar-refractivity contribution in [2.45, 2.75) is 19.9 Å². The summed E-state index contributed by atoms with van der Waals surface area (Å²) in [4.78, 5) is 29.1. The molecule has 0 unspecified atom stereocenters.